The molecule has 1 amide bonds. The number of piperidine rings is 1. The Bertz CT molecular complexity index is 1160. The number of likely N-dealkylation sites (tertiary alicyclic amines) is 2. The maximum absolute atomic E-state index is 13.4. The Morgan fingerprint density at radius 2 is 1.74 bits per heavy atom. The molecule has 2 aliphatic heterocycles. The van der Waals surface area contributed by atoms with Crippen molar-refractivity contribution < 1.29 is 24.2 Å². The predicted octanol–water partition coefficient (Wildman–Crippen LogP) is 2.96. The molecule has 1 atom stereocenters. The van der Waals surface area contributed by atoms with Crippen molar-refractivity contribution in [3.8, 4) is 11.5 Å². The number of carbonyl (C=O) groups is 2. The van der Waals surface area contributed by atoms with Crippen molar-refractivity contribution in [3.63, 3.8) is 0 Å². The number of ketones is 1. The van der Waals surface area contributed by atoms with Crippen molar-refractivity contribution in [2.75, 3.05) is 40.4 Å². The van der Waals surface area contributed by atoms with Gasteiger partial charge in [0, 0.05) is 25.8 Å². The zero-order chi connectivity index (χ0) is 25.3. The molecule has 2 aliphatic rings. The molecule has 2 aromatic rings. The first kappa shape index (κ1) is 24.8. The Labute approximate surface area is 205 Å². The lowest BCUT2D eigenvalue weighted by molar-refractivity contribution is -0.140. The fourth-order valence-electron chi connectivity index (χ4n) is 5.16. The number of Topliss-reactive ketones (excluding diaryl/α,β-unsaturated/α-hetero) is 1. The van der Waals surface area contributed by atoms with Crippen LogP contribution in [0.3, 0.4) is 0 Å². The minimum atomic E-state index is -0.751. The fourth-order valence-corrected chi connectivity index (χ4v) is 5.16. The summed E-state index contributed by atoms with van der Waals surface area (Å²) < 4.78 is 12.5. The van der Waals surface area contributed by atoms with Crippen LogP contribution in [0.2, 0.25) is 0 Å². The van der Waals surface area contributed by atoms with Gasteiger partial charge in [0.1, 0.15) is 5.76 Å². The Kier molecular flexibility index (Phi) is 7.16. The molecule has 35 heavy (non-hydrogen) atoms. The SMILES string of the molecule is COc1ccc(C2/C(=C(\O)c3c(C)nn(C)c3C)C(=O)C(=O)N2CCN2CCCCC2)cc1OC. The third kappa shape index (κ3) is 4.52. The van der Waals surface area contributed by atoms with Gasteiger partial charge in [-0.15, -0.1) is 0 Å². The predicted molar refractivity (Wildman–Crippen MR) is 132 cm³/mol. The number of nitrogens with zero attached hydrogens (tertiary/aromatic N) is 4. The summed E-state index contributed by atoms with van der Waals surface area (Å²) in [7, 11) is 4.87. The second kappa shape index (κ2) is 10.1. The molecule has 4 rings (SSSR count). The molecule has 188 valence electrons. The van der Waals surface area contributed by atoms with Gasteiger partial charge in [-0.25, -0.2) is 0 Å². The number of carbonyl (C=O) groups excluding carboxylic acids is 2. The number of benzene rings is 1. The van der Waals surface area contributed by atoms with Gasteiger partial charge in [0.2, 0.25) is 0 Å². The van der Waals surface area contributed by atoms with E-state index in [0.717, 1.165) is 25.9 Å². The number of aliphatic hydroxyl groups is 1. The van der Waals surface area contributed by atoms with Crippen LogP contribution >= 0.6 is 0 Å². The highest BCUT2D eigenvalue weighted by Gasteiger charge is 2.46. The van der Waals surface area contributed by atoms with E-state index in [1.807, 2.05) is 13.0 Å². The number of aromatic nitrogens is 2. The average Bonchev–Trinajstić information content (AvgIpc) is 3.27. The van der Waals surface area contributed by atoms with Crippen LogP contribution in [0.4, 0.5) is 0 Å². The van der Waals surface area contributed by atoms with Crippen molar-refractivity contribution >= 4 is 17.4 Å². The van der Waals surface area contributed by atoms with E-state index < -0.39 is 17.7 Å². The summed E-state index contributed by atoms with van der Waals surface area (Å²) in [6, 6.07) is 4.57. The van der Waals surface area contributed by atoms with Crippen LogP contribution in [0.25, 0.3) is 5.76 Å². The third-order valence-electron chi connectivity index (χ3n) is 7.11. The lowest BCUT2D eigenvalue weighted by Gasteiger charge is -2.31. The molecule has 2 saturated heterocycles. The van der Waals surface area contributed by atoms with Gasteiger partial charge in [-0.3, -0.25) is 14.3 Å². The number of hydrogen-bond acceptors (Lipinski definition) is 7. The molecule has 0 spiro atoms. The topological polar surface area (TPSA) is 97.1 Å². The second-order valence-corrected chi connectivity index (χ2v) is 9.18. The molecule has 0 saturated carbocycles. The van der Waals surface area contributed by atoms with Crippen LogP contribution in [0.5, 0.6) is 11.5 Å². The van der Waals surface area contributed by atoms with Crippen LogP contribution in [0, 0.1) is 13.8 Å². The van der Waals surface area contributed by atoms with Crippen molar-refractivity contribution in [1.82, 2.24) is 19.6 Å². The van der Waals surface area contributed by atoms with Crippen LogP contribution < -0.4 is 9.47 Å². The van der Waals surface area contributed by atoms with Crippen LogP contribution in [0.1, 0.15) is 47.8 Å². The summed E-state index contributed by atoms with van der Waals surface area (Å²) in [5.74, 6) is -0.473. The number of methoxy groups -OCH3 is 2. The fraction of sp³-hybridized carbons (Fsp3) is 0.500. The molecule has 1 aromatic heterocycles. The number of hydrogen-bond donors (Lipinski definition) is 1. The largest absolute Gasteiger partial charge is 0.507 e. The maximum atomic E-state index is 13.4. The van der Waals surface area contributed by atoms with E-state index in [4.69, 9.17) is 9.47 Å². The van der Waals surface area contributed by atoms with Crippen LogP contribution in [0.15, 0.2) is 23.8 Å². The van der Waals surface area contributed by atoms with E-state index in [9.17, 15) is 14.7 Å². The molecule has 1 unspecified atom stereocenters. The smallest absolute Gasteiger partial charge is 0.295 e. The Morgan fingerprint density at radius 3 is 2.34 bits per heavy atom. The van der Waals surface area contributed by atoms with Gasteiger partial charge in [0.05, 0.1) is 37.1 Å². The van der Waals surface area contributed by atoms with E-state index >= 15 is 0 Å². The number of rotatable bonds is 7. The van der Waals surface area contributed by atoms with Gasteiger partial charge in [-0.1, -0.05) is 12.5 Å². The minimum absolute atomic E-state index is 0.0695. The highest BCUT2D eigenvalue weighted by Crippen LogP contribution is 2.42. The number of aryl methyl sites for hydroxylation is 2. The van der Waals surface area contributed by atoms with E-state index in [0.29, 0.717) is 47.1 Å². The molecule has 1 aromatic carbocycles. The molecule has 9 nitrogen and oxygen atoms in total. The Morgan fingerprint density at radius 1 is 1.06 bits per heavy atom. The lowest BCUT2D eigenvalue weighted by Crippen LogP contribution is -2.40. The first-order chi connectivity index (χ1) is 16.8. The van der Waals surface area contributed by atoms with Gasteiger partial charge < -0.3 is 24.4 Å². The van der Waals surface area contributed by atoms with Gasteiger partial charge >= 0.3 is 0 Å². The molecule has 1 N–H and O–H groups in total. The molecular formula is C26H34N4O5. The van der Waals surface area contributed by atoms with Crippen molar-refractivity contribution in [1.29, 1.82) is 0 Å². The van der Waals surface area contributed by atoms with E-state index in [-0.39, 0.29) is 11.3 Å². The molecule has 3 heterocycles. The monoisotopic (exact) mass is 482 g/mol. The summed E-state index contributed by atoms with van der Waals surface area (Å²) >= 11 is 0. The Hall–Kier alpha value is -3.33. The number of ether oxygens (including phenoxy) is 2. The summed E-state index contributed by atoms with van der Waals surface area (Å²) in [5.41, 5.74) is 2.52. The average molecular weight is 483 g/mol. The first-order valence-corrected chi connectivity index (χ1v) is 12.0. The first-order valence-electron chi connectivity index (χ1n) is 12.0. The molecule has 0 aliphatic carbocycles. The van der Waals surface area contributed by atoms with Gasteiger partial charge in [-0.2, -0.15) is 5.10 Å². The zero-order valence-electron chi connectivity index (χ0n) is 21.1. The summed E-state index contributed by atoms with van der Waals surface area (Å²) in [6.07, 6.45) is 3.49. The van der Waals surface area contributed by atoms with E-state index in [1.165, 1.54) is 13.5 Å². The summed E-state index contributed by atoms with van der Waals surface area (Å²) in [4.78, 5) is 30.6. The van der Waals surface area contributed by atoms with E-state index in [2.05, 4.69) is 10.00 Å². The summed E-state index contributed by atoms with van der Waals surface area (Å²) in [6.45, 7) is 6.62. The zero-order valence-corrected chi connectivity index (χ0v) is 21.1. The highest BCUT2D eigenvalue weighted by atomic mass is 16.5. The van der Waals surface area contributed by atoms with Crippen molar-refractivity contribution in [3.05, 3.63) is 46.3 Å². The van der Waals surface area contributed by atoms with Crippen LogP contribution in [-0.4, -0.2) is 76.8 Å². The lowest BCUT2D eigenvalue weighted by atomic mass is 9.94. The quantitative estimate of drug-likeness (QED) is 0.368. The van der Waals surface area contributed by atoms with Crippen molar-refractivity contribution in [2.24, 2.45) is 7.05 Å². The second-order valence-electron chi connectivity index (χ2n) is 9.18. The third-order valence-corrected chi connectivity index (χ3v) is 7.11. The minimum Gasteiger partial charge on any atom is -0.507 e. The van der Waals surface area contributed by atoms with Gasteiger partial charge in [0.15, 0.2) is 11.5 Å². The van der Waals surface area contributed by atoms with Gasteiger partial charge in [0.25, 0.3) is 11.7 Å². The Balaban J connectivity index is 1.82. The molecule has 0 bridgehead atoms. The highest BCUT2D eigenvalue weighted by molar-refractivity contribution is 6.46. The van der Waals surface area contributed by atoms with E-state index in [1.54, 1.807) is 42.8 Å². The number of amides is 1. The molecule has 0 radical (unpaired) electrons. The molecule has 2 fully saturated rings. The summed E-state index contributed by atoms with van der Waals surface area (Å²) in [5, 5.41) is 15.8. The number of aliphatic hydroxyl groups excluding tert-OH is 1. The van der Waals surface area contributed by atoms with Crippen LogP contribution in [-0.2, 0) is 16.6 Å². The molecular weight excluding hydrogens is 448 g/mol. The van der Waals surface area contributed by atoms with Gasteiger partial charge in [-0.05, 0) is 57.5 Å². The molecule has 9 heteroatoms. The maximum Gasteiger partial charge on any atom is 0.295 e. The standard InChI is InChI=1S/C26H34N4O5/c1-16-21(17(2)28(3)27-16)24(31)22-23(18-9-10-19(34-4)20(15-18)35-5)30(26(33)25(22)32)14-13-29-11-7-6-8-12-29/h9-10,15,23,31H,6-8,11-14H2,1-5H3/b24-22+. The van der Waals surface area contributed by atoms with Crippen molar-refractivity contribution in [2.45, 2.75) is 39.2 Å². The normalized spacial score (nSPS) is 20.5.